The van der Waals surface area contributed by atoms with Crippen molar-refractivity contribution in [1.82, 2.24) is 0 Å². The Hall–Kier alpha value is 0.440. The van der Waals surface area contributed by atoms with Gasteiger partial charge in [-0.15, -0.1) is 17.0 Å². The van der Waals surface area contributed by atoms with E-state index in [9.17, 15) is 0 Å². The zero-order chi connectivity index (χ0) is 8.74. The minimum Gasteiger partial charge on any atom is -0.324 e. The lowest BCUT2D eigenvalue weighted by molar-refractivity contribution is -0.923. The smallest absolute Gasteiger partial charge is 0.0786 e. The van der Waals surface area contributed by atoms with E-state index in [-0.39, 0.29) is 17.0 Å². The zero-order valence-electron chi connectivity index (χ0n) is 9.10. The molecule has 12 heavy (non-hydrogen) atoms. The fraction of sp³-hybridized carbons (Fsp3) is 1.00. The van der Waals surface area contributed by atoms with Gasteiger partial charge in [-0.05, 0) is 27.2 Å². The van der Waals surface area contributed by atoms with Crippen LogP contribution in [0, 0.1) is 0 Å². The summed E-state index contributed by atoms with van der Waals surface area (Å²) in [6.07, 6.45) is 2.72. The summed E-state index contributed by atoms with van der Waals surface area (Å²) in [5.41, 5.74) is 0. The molecule has 0 unspecified atom stereocenters. The highest BCUT2D eigenvalue weighted by Crippen LogP contribution is 2.07. The van der Waals surface area contributed by atoms with Gasteiger partial charge in [-0.3, -0.25) is 0 Å². The highest BCUT2D eigenvalue weighted by Gasteiger charge is 2.18. The quantitative estimate of drug-likeness (QED) is 0.624. The van der Waals surface area contributed by atoms with Gasteiger partial charge in [-0.25, -0.2) is 0 Å². The van der Waals surface area contributed by atoms with Crippen LogP contribution in [0.25, 0.3) is 0 Å². The van der Waals surface area contributed by atoms with Crippen LogP contribution >= 0.6 is 17.0 Å². The number of rotatable bonds is 6. The van der Waals surface area contributed by atoms with E-state index in [2.05, 4.69) is 27.7 Å². The Bertz CT molecular complexity index is 81.6. The largest absolute Gasteiger partial charge is 0.324 e. The van der Waals surface area contributed by atoms with Gasteiger partial charge >= 0.3 is 0 Å². The third kappa shape index (κ3) is 4.46. The van der Waals surface area contributed by atoms with Gasteiger partial charge in [0.25, 0.3) is 0 Å². The van der Waals surface area contributed by atoms with E-state index in [0.717, 1.165) is 0 Å². The van der Waals surface area contributed by atoms with E-state index in [4.69, 9.17) is 0 Å². The van der Waals surface area contributed by atoms with Crippen LogP contribution in [0.4, 0.5) is 0 Å². The van der Waals surface area contributed by atoms with Crippen LogP contribution < -0.4 is 0 Å². The van der Waals surface area contributed by atoms with Gasteiger partial charge in [-0.2, -0.15) is 0 Å². The summed E-state index contributed by atoms with van der Waals surface area (Å²) in [4.78, 5) is 0. The second-order valence-corrected chi connectivity index (χ2v) is 3.37. The molecule has 0 aliphatic rings. The predicted octanol–water partition coefficient (Wildman–Crippen LogP) is 3.24. The summed E-state index contributed by atoms with van der Waals surface area (Å²) in [6.45, 7) is 14.5. The molecule has 1 nitrogen and oxygen atoms in total. The van der Waals surface area contributed by atoms with E-state index < -0.39 is 0 Å². The van der Waals surface area contributed by atoms with Crippen molar-refractivity contribution < 1.29 is 4.48 Å². The van der Waals surface area contributed by atoms with Crippen LogP contribution in [-0.4, -0.2) is 30.7 Å². The number of hydrogen-bond acceptors (Lipinski definition) is 0. The summed E-state index contributed by atoms with van der Waals surface area (Å²) in [5, 5.41) is 0. The molecule has 0 aromatic carbocycles. The summed E-state index contributed by atoms with van der Waals surface area (Å²) in [5.74, 6) is 0. The molecule has 0 N–H and O–H groups in total. The Labute approximate surface area is 88.5 Å². The third-order valence-corrected chi connectivity index (χ3v) is 3.00. The topological polar surface area (TPSA) is 0 Å². The van der Waals surface area contributed by atoms with Gasteiger partial charge < -0.3 is 4.48 Å². The SMILES string of the molecule is Br.CCCC[N+](CC)(CC)CC. The first-order chi connectivity index (χ1) is 5.24. The molecule has 0 aliphatic heterocycles. The van der Waals surface area contributed by atoms with Crippen molar-refractivity contribution in [2.45, 2.75) is 40.5 Å². The predicted molar refractivity (Wildman–Crippen MR) is 62.0 cm³/mol. The van der Waals surface area contributed by atoms with Crippen molar-refractivity contribution in [3.63, 3.8) is 0 Å². The molecule has 0 radical (unpaired) electrons. The van der Waals surface area contributed by atoms with Crippen molar-refractivity contribution in [2.24, 2.45) is 0 Å². The monoisotopic (exact) mass is 238 g/mol. The molecule has 0 fully saturated rings. The summed E-state index contributed by atoms with van der Waals surface area (Å²) >= 11 is 0. The number of unbranched alkanes of at least 4 members (excludes halogenated alkanes) is 1. The molecule has 0 bridgehead atoms. The third-order valence-electron chi connectivity index (χ3n) is 3.00. The van der Waals surface area contributed by atoms with Crippen molar-refractivity contribution in [3.05, 3.63) is 0 Å². The van der Waals surface area contributed by atoms with E-state index in [1.807, 2.05) is 0 Å². The van der Waals surface area contributed by atoms with Gasteiger partial charge in [-0.1, -0.05) is 13.3 Å². The molecule has 0 heterocycles. The van der Waals surface area contributed by atoms with Crippen LogP contribution in [0.1, 0.15) is 40.5 Å². The molecule has 0 spiro atoms. The second-order valence-electron chi connectivity index (χ2n) is 3.37. The van der Waals surface area contributed by atoms with E-state index in [1.54, 1.807) is 0 Å². The van der Waals surface area contributed by atoms with Crippen molar-refractivity contribution in [2.75, 3.05) is 26.2 Å². The van der Waals surface area contributed by atoms with Gasteiger partial charge in [0.1, 0.15) is 0 Å². The highest BCUT2D eigenvalue weighted by atomic mass is 79.9. The first kappa shape index (κ1) is 14.9. The molecule has 0 rings (SSSR count). The van der Waals surface area contributed by atoms with E-state index >= 15 is 0 Å². The minimum atomic E-state index is 0. The summed E-state index contributed by atoms with van der Waals surface area (Å²) in [7, 11) is 0. The molecule has 0 amide bonds. The Morgan fingerprint density at radius 1 is 0.833 bits per heavy atom. The highest BCUT2D eigenvalue weighted by molar-refractivity contribution is 8.93. The average molecular weight is 239 g/mol. The first-order valence-electron chi connectivity index (χ1n) is 5.09. The van der Waals surface area contributed by atoms with Gasteiger partial charge in [0.05, 0.1) is 26.2 Å². The maximum absolute atomic E-state index is 2.31. The average Bonchev–Trinajstić information content (AvgIpc) is 2.08. The lowest BCUT2D eigenvalue weighted by Crippen LogP contribution is -2.48. The van der Waals surface area contributed by atoms with Crippen molar-refractivity contribution >= 4 is 17.0 Å². The molecular formula is C10H25BrN+. The molecule has 0 aromatic rings. The Kier molecular flexibility index (Phi) is 10.0. The van der Waals surface area contributed by atoms with Gasteiger partial charge in [0.2, 0.25) is 0 Å². The lowest BCUT2D eigenvalue weighted by Gasteiger charge is -2.35. The Balaban J connectivity index is 0. The summed E-state index contributed by atoms with van der Waals surface area (Å²) in [6, 6.07) is 0. The standard InChI is InChI=1S/C10H24N.BrH/c1-5-9-10-11(6-2,7-3)8-4;/h5-10H2,1-4H3;1H/q+1;. The Morgan fingerprint density at radius 2 is 1.25 bits per heavy atom. The normalized spacial score (nSPS) is 11.0. The van der Waals surface area contributed by atoms with Crippen LogP contribution in [-0.2, 0) is 0 Å². The van der Waals surface area contributed by atoms with Crippen molar-refractivity contribution in [3.8, 4) is 0 Å². The molecule has 2 heteroatoms. The van der Waals surface area contributed by atoms with Gasteiger partial charge in [0.15, 0.2) is 0 Å². The zero-order valence-corrected chi connectivity index (χ0v) is 10.8. The number of halogens is 1. The molecule has 0 atom stereocenters. The molecular weight excluding hydrogens is 214 g/mol. The molecule has 0 saturated heterocycles. The van der Waals surface area contributed by atoms with Crippen LogP contribution in [0.3, 0.4) is 0 Å². The van der Waals surface area contributed by atoms with Crippen LogP contribution in [0.5, 0.6) is 0 Å². The van der Waals surface area contributed by atoms with Crippen molar-refractivity contribution in [1.29, 1.82) is 0 Å². The first-order valence-corrected chi connectivity index (χ1v) is 5.09. The maximum atomic E-state index is 2.31. The minimum absolute atomic E-state index is 0. The van der Waals surface area contributed by atoms with Crippen LogP contribution in [0.15, 0.2) is 0 Å². The number of quaternary nitrogens is 1. The number of hydrogen-bond donors (Lipinski definition) is 0. The molecule has 76 valence electrons. The fourth-order valence-corrected chi connectivity index (χ4v) is 1.64. The van der Waals surface area contributed by atoms with E-state index in [1.165, 1.54) is 43.5 Å². The molecule has 0 aromatic heterocycles. The van der Waals surface area contributed by atoms with E-state index in [0.29, 0.717) is 0 Å². The molecule has 0 saturated carbocycles. The number of nitrogens with zero attached hydrogens (tertiary/aromatic N) is 1. The summed E-state index contributed by atoms with van der Waals surface area (Å²) < 4.78 is 1.31. The maximum Gasteiger partial charge on any atom is 0.0786 e. The second kappa shape index (κ2) is 8.06. The van der Waals surface area contributed by atoms with Crippen LogP contribution in [0.2, 0.25) is 0 Å². The fourth-order valence-electron chi connectivity index (χ4n) is 1.64. The Morgan fingerprint density at radius 3 is 1.50 bits per heavy atom. The lowest BCUT2D eigenvalue weighted by atomic mass is 10.2. The van der Waals surface area contributed by atoms with Gasteiger partial charge in [0, 0.05) is 0 Å². The molecule has 0 aliphatic carbocycles.